The molecule has 0 unspecified atom stereocenters. The van der Waals surface area contributed by atoms with Crippen LogP contribution in [0.25, 0.3) is 22.6 Å². The lowest BCUT2D eigenvalue weighted by molar-refractivity contribution is -0.0660. The van der Waals surface area contributed by atoms with Crippen molar-refractivity contribution in [1.82, 2.24) is 29.4 Å². The number of benzene rings is 1. The van der Waals surface area contributed by atoms with E-state index in [1.807, 2.05) is 25.4 Å². The van der Waals surface area contributed by atoms with Gasteiger partial charge in [-0.3, -0.25) is 14.1 Å². The van der Waals surface area contributed by atoms with Crippen LogP contribution in [0.3, 0.4) is 0 Å². The van der Waals surface area contributed by atoms with E-state index >= 15 is 0 Å². The smallest absolute Gasteiger partial charge is 0.254 e. The zero-order valence-corrected chi connectivity index (χ0v) is 21.3. The second kappa shape index (κ2) is 9.21. The van der Waals surface area contributed by atoms with E-state index in [9.17, 15) is 9.18 Å². The van der Waals surface area contributed by atoms with Crippen LogP contribution < -0.4 is 10.2 Å². The summed E-state index contributed by atoms with van der Waals surface area (Å²) in [7, 11) is 0. The topological polar surface area (TPSA) is 79.9 Å². The van der Waals surface area contributed by atoms with E-state index < -0.39 is 5.82 Å². The summed E-state index contributed by atoms with van der Waals surface area (Å²) in [5, 5.41) is 7.43. The first kappa shape index (κ1) is 23.4. The fourth-order valence-corrected chi connectivity index (χ4v) is 5.31. The molecule has 5 heterocycles. The molecule has 1 aromatic carbocycles. The summed E-state index contributed by atoms with van der Waals surface area (Å²) in [5.74, 6) is -0.900. The Bertz CT molecular complexity index is 1510. The number of imidazole rings is 1. The van der Waals surface area contributed by atoms with Crippen molar-refractivity contribution in [2.45, 2.75) is 31.8 Å². The van der Waals surface area contributed by atoms with Crippen LogP contribution in [0.15, 0.2) is 49.1 Å². The van der Waals surface area contributed by atoms with Gasteiger partial charge in [0.25, 0.3) is 5.91 Å². The van der Waals surface area contributed by atoms with Crippen molar-refractivity contribution in [3.8, 4) is 16.9 Å². The first-order valence-corrected chi connectivity index (χ1v) is 13.2. The summed E-state index contributed by atoms with van der Waals surface area (Å²) in [6, 6.07) is 7.89. The normalized spacial score (nSPS) is 18.6. The molecule has 0 spiro atoms. The summed E-state index contributed by atoms with van der Waals surface area (Å²) in [5.41, 5.74) is 5.24. The van der Waals surface area contributed by atoms with Crippen LogP contribution in [0.1, 0.15) is 28.8 Å². The molecule has 1 amide bonds. The van der Waals surface area contributed by atoms with Gasteiger partial charge in [-0.2, -0.15) is 5.10 Å². The number of amides is 1. The molecule has 1 aliphatic carbocycles. The Hall–Kier alpha value is -3.76. The van der Waals surface area contributed by atoms with Crippen molar-refractivity contribution in [2.75, 3.05) is 44.3 Å². The molecule has 2 saturated heterocycles. The summed E-state index contributed by atoms with van der Waals surface area (Å²) in [6.07, 6.45) is 9.56. The number of hydrogen-bond donors (Lipinski definition) is 1. The van der Waals surface area contributed by atoms with Gasteiger partial charge in [-0.25, -0.2) is 14.1 Å². The molecule has 3 fully saturated rings. The number of ether oxygens (including phenoxy) is 1. The molecule has 3 aliphatic rings. The second-order valence-electron chi connectivity index (χ2n) is 10.5. The van der Waals surface area contributed by atoms with Crippen LogP contribution in [0.4, 0.5) is 10.1 Å². The number of aryl methyl sites for hydroxylation is 1. The monoisotopic (exact) mass is 515 g/mol. The molecule has 0 bridgehead atoms. The van der Waals surface area contributed by atoms with Crippen LogP contribution in [-0.2, 0) is 4.74 Å². The number of halogens is 1. The van der Waals surface area contributed by atoms with Gasteiger partial charge in [0.15, 0.2) is 0 Å². The third-order valence-corrected chi connectivity index (χ3v) is 7.87. The fourth-order valence-electron chi connectivity index (χ4n) is 5.31. The number of hydrogen-bond acceptors (Lipinski definition) is 6. The highest BCUT2D eigenvalue weighted by atomic mass is 19.1. The molecule has 2 aliphatic heterocycles. The Morgan fingerprint density at radius 1 is 1.08 bits per heavy atom. The van der Waals surface area contributed by atoms with Gasteiger partial charge in [-0.05, 0) is 49.6 Å². The zero-order chi connectivity index (χ0) is 25.8. The van der Waals surface area contributed by atoms with Crippen molar-refractivity contribution in [2.24, 2.45) is 0 Å². The molecular formula is C28H30FN7O2. The molecule has 1 saturated carbocycles. The maximum Gasteiger partial charge on any atom is 0.254 e. The van der Waals surface area contributed by atoms with Crippen LogP contribution in [0.2, 0.25) is 0 Å². The zero-order valence-electron chi connectivity index (χ0n) is 21.3. The molecule has 0 radical (unpaired) electrons. The van der Waals surface area contributed by atoms with Crippen molar-refractivity contribution < 1.29 is 13.9 Å². The number of carbonyl (C=O) groups excluding carboxylic acids is 1. The van der Waals surface area contributed by atoms with Gasteiger partial charge in [-0.15, -0.1) is 0 Å². The number of nitrogens with zero attached hydrogens (tertiary/aromatic N) is 6. The molecule has 7 rings (SSSR count). The Balaban J connectivity index is 1.15. The highest BCUT2D eigenvalue weighted by Gasteiger charge is 2.29. The van der Waals surface area contributed by atoms with Gasteiger partial charge in [0.2, 0.25) is 0 Å². The van der Waals surface area contributed by atoms with Gasteiger partial charge in [0.1, 0.15) is 11.5 Å². The molecule has 4 aromatic rings. The van der Waals surface area contributed by atoms with Crippen molar-refractivity contribution in [1.29, 1.82) is 0 Å². The van der Waals surface area contributed by atoms with Crippen molar-refractivity contribution in [3.05, 3.63) is 66.0 Å². The minimum Gasteiger partial charge on any atom is -0.378 e. The number of aromatic nitrogens is 4. The number of nitrogens with one attached hydrogen (secondary N) is 1. The number of fused-ring (bicyclic) bond motifs is 1. The van der Waals surface area contributed by atoms with E-state index in [1.54, 1.807) is 16.9 Å². The van der Waals surface area contributed by atoms with Crippen LogP contribution >= 0.6 is 0 Å². The average molecular weight is 516 g/mol. The molecule has 196 valence electrons. The van der Waals surface area contributed by atoms with Gasteiger partial charge in [0, 0.05) is 50.2 Å². The Kier molecular flexibility index (Phi) is 5.66. The third kappa shape index (κ3) is 4.23. The molecular weight excluding hydrogens is 485 g/mol. The van der Waals surface area contributed by atoms with Gasteiger partial charge >= 0.3 is 0 Å². The summed E-state index contributed by atoms with van der Waals surface area (Å²) < 4.78 is 23.8. The quantitative estimate of drug-likeness (QED) is 0.425. The van der Waals surface area contributed by atoms with E-state index in [4.69, 9.17) is 4.74 Å². The summed E-state index contributed by atoms with van der Waals surface area (Å²) >= 11 is 0. The van der Waals surface area contributed by atoms with E-state index in [-0.39, 0.29) is 17.5 Å². The lowest BCUT2D eigenvalue weighted by Gasteiger charge is -2.43. The number of carbonyl (C=O) groups is 1. The van der Waals surface area contributed by atoms with Crippen molar-refractivity contribution >= 4 is 17.2 Å². The minimum absolute atomic E-state index is 0.0407. The van der Waals surface area contributed by atoms with Gasteiger partial charge in [-0.1, -0.05) is 0 Å². The van der Waals surface area contributed by atoms with E-state index in [0.717, 1.165) is 74.8 Å². The van der Waals surface area contributed by atoms with E-state index in [0.29, 0.717) is 17.3 Å². The largest absolute Gasteiger partial charge is 0.378 e. The number of anilines is 1. The van der Waals surface area contributed by atoms with E-state index in [2.05, 4.69) is 41.9 Å². The summed E-state index contributed by atoms with van der Waals surface area (Å²) in [6.45, 7) is 7.55. The predicted octanol–water partition coefficient (Wildman–Crippen LogP) is 3.05. The van der Waals surface area contributed by atoms with Crippen LogP contribution in [0, 0.1) is 12.7 Å². The molecule has 38 heavy (non-hydrogen) atoms. The number of rotatable bonds is 6. The van der Waals surface area contributed by atoms with Crippen molar-refractivity contribution in [3.63, 3.8) is 0 Å². The van der Waals surface area contributed by atoms with Crippen LogP contribution in [0.5, 0.6) is 0 Å². The SMILES string of the molecule is Cc1cc(F)c(C(=O)NC2CC2)cc1-n1cc(-c2cnc3ccc(N4CCN(C5COC5)CC4)cn23)cn1. The van der Waals surface area contributed by atoms with Crippen LogP contribution in [-0.4, -0.2) is 81.4 Å². The Morgan fingerprint density at radius 3 is 2.63 bits per heavy atom. The lowest BCUT2D eigenvalue weighted by Crippen LogP contribution is -2.56. The standard InChI is InChI=1S/C28H30FN7O2/c1-18-10-24(29)23(28(37)32-20-2-3-20)11-25(18)36-14-19(12-31-36)26-13-30-27-5-4-21(15-35(26)27)33-6-8-34(9-7-33)22-16-38-17-22/h4-5,10-15,20,22H,2-3,6-9,16-17H2,1H3,(H,32,37). The second-order valence-corrected chi connectivity index (χ2v) is 10.5. The predicted molar refractivity (Wildman–Crippen MR) is 141 cm³/mol. The Labute approximate surface area is 219 Å². The highest BCUT2D eigenvalue weighted by Crippen LogP contribution is 2.27. The van der Waals surface area contributed by atoms with Gasteiger partial charge < -0.3 is 15.0 Å². The maximum absolute atomic E-state index is 14.6. The molecule has 1 N–H and O–H groups in total. The molecule has 3 aromatic heterocycles. The molecule has 10 heteroatoms. The fraction of sp³-hybridized carbons (Fsp3) is 0.393. The average Bonchev–Trinajstić information content (AvgIpc) is 3.39. The van der Waals surface area contributed by atoms with E-state index in [1.165, 1.54) is 6.07 Å². The summed E-state index contributed by atoms with van der Waals surface area (Å²) in [4.78, 5) is 22.1. The first-order chi connectivity index (χ1) is 18.5. The molecule has 9 nitrogen and oxygen atoms in total. The highest BCUT2D eigenvalue weighted by molar-refractivity contribution is 5.95. The third-order valence-electron chi connectivity index (χ3n) is 7.87. The number of pyridine rings is 1. The minimum atomic E-state index is -0.520. The lowest BCUT2D eigenvalue weighted by atomic mass is 10.1. The Morgan fingerprint density at radius 2 is 1.89 bits per heavy atom. The number of piperazine rings is 1. The first-order valence-electron chi connectivity index (χ1n) is 13.2. The molecule has 0 atom stereocenters. The van der Waals surface area contributed by atoms with Gasteiger partial charge in [0.05, 0.1) is 54.3 Å². The maximum atomic E-state index is 14.6.